The zero-order valence-corrected chi connectivity index (χ0v) is 18.5. The van der Waals surface area contributed by atoms with Gasteiger partial charge < -0.3 is 35.2 Å². The Hall–Kier alpha value is -1.86. The number of aliphatic hydroxyl groups is 4. The number of hydrogen-bond donors (Lipinski definition) is 8. The summed E-state index contributed by atoms with van der Waals surface area (Å²) in [5.74, 6) is 1.37. The van der Waals surface area contributed by atoms with Crippen LogP contribution in [0, 0.1) is 0 Å². The van der Waals surface area contributed by atoms with Crippen LogP contribution in [0.15, 0.2) is 22.2 Å². The van der Waals surface area contributed by atoms with Crippen molar-refractivity contribution in [3.8, 4) is 5.75 Å². The summed E-state index contributed by atoms with van der Waals surface area (Å²) in [6.07, 6.45) is -5.88. The quantitative estimate of drug-likeness (QED) is 0.121. The Morgan fingerprint density at radius 3 is 2.30 bits per heavy atom. The maximum atomic E-state index is 13.2. The number of carbonyl (C=O) groups excluding carboxylic acids is 1. The van der Waals surface area contributed by atoms with Gasteiger partial charge >= 0.3 is 18.1 Å². The van der Waals surface area contributed by atoms with Crippen LogP contribution in [0.25, 0.3) is 6.08 Å². The SMILES string of the molecule is NOCOC(=O)C1=Cc2cc(Br)cc(C(O)(O)O)c2OC1C(F)(F)F.OCC1CCN1.[NH3+]O. The van der Waals surface area contributed by atoms with Crippen molar-refractivity contribution in [3.63, 3.8) is 0 Å². The number of halogens is 4. The molecular formula is C17H24BrF3N3O9+. The summed E-state index contributed by atoms with van der Waals surface area (Å²) in [6.45, 7) is 0.607. The van der Waals surface area contributed by atoms with Crippen molar-refractivity contribution in [2.24, 2.45) is 5.90 Å². The van der Waals surface area contributed by atoms with Crippen molar-refractivity contribution in [1.29, 1.82) is 0 Å². The highest BCUT2D eigenvalue weighted by Gasteiger charge is 2.50. The number of aliphatic hydroxyl groups excluding tert-OH is 1. The Morgan fingerprint density at radius 1 is 1.30 bits per heavy atom. The number of quaternary nitrogens is 1. The Bertz CT molecular complexity index is 828. The van der Waals surface area contributed by atoms with Crippen LogP contribution in [-0.2, 0) is 20.3 Å². The highest BCUT2D eigenvalue weighted by atomic mass is 79.9. The van der Waals surface area contributed by atoms with E-state index in [-0.39, 0.29) is 10.0 Å². The third-order valence-electron chi connectivity index (χ3n) is 4.21. The molecule has 12 nitrogen and oxygen atoms in total. The number of carbonyl (C=O) groups is 1. The number of benzene rings is 1. The molecule has 0 aliphatic carbocycles. The van der Waals surface area contributed by atoms with Crippen LogP contribution in [0.3, 0.4) is 0 Å². The standard InChI is InChI=1S/C13H11BrF3NO7.C4H9NO.H4NO/c14-6-1-5-2-7(11(19)23-4-24-18)10(12(15,16)17)25-9(5)8(3-6)13(20,21)22;6-3-4-1-2-5-4;1-2/h1-3,10,20-22H,4,18H2;4-6H,1-3H2;2H,1H3/q;;+1. The van der Waals surface area contributed by atoms with Crippen LogP contribution in [0.5, 0.6) is 5.75 Å². The predicted molar refractivity (Wildman–Crippen MR) is 105 cm³/mol. The molecule has 0 spiro atoms. The molecule has 0 radical (unpaired) electrons. The van der Waals surface area contributed by atoms with Crippen molar-refractivity contribution >= 4 is 28.0 Å². The van der Waals surface area contributed by atoms with Crippen molar-refractivity contribution in [2.75, 3.05) is 19.9 Å². The van der Waals surface area contributed by atoms with Crippen LogP contribution in [0.4, 0.5) is 13.2 Å². The van der Waals surface area contributed by atoms with Gasteiger partial charge in [-0.1, -0.05) is 15.9 Å². The zero-order chi connectivity index (χ0) is 25.4. The molecule has 11 N–H and O–H groups in total. The van der Waals surface area contributed by atoms with E-state index >= 15 is 0 Å². The summed E-state index contributed by atoms with van der Waals surface area (Å²) in [4.78, 5) is 15.8. The topological polar surface area (TPSA) is 212 Å². The fourth-order valence-electron chi connectivity index (χ4n) is 2.61. The van der Waals surface area contributed by atoms with E-state index in [4.69, 9.17) is 15.1 Å². The lowest BCUT2D eigenvalue weighted by molar-refractivity contribution is -0.670. The van der Waals surface area contributed by atoms with Crippen LogP contribution >= 0.6 is 15.9 Å². The van der Waals surface area contributed by atoms with Gasteiger partial charge in [-0.25, -0.2) is 21.8 Å². The first-order valence-electron chi connectivity index (χ1n) is 8.99. The molecule has 33 heavy (non-hydrogen) atoms. The first kappa shape index (κ1) is 29.2. The van der Waals surface area contributed by atoms with Crippen molar-refractivity contribution in [3.05, 3.63) is 33.3 Å². The van der Waals surface area contributed by atoms with Gasteiger partial charge in [-0.15, -0.1) is 0 Å². The fourth-order valence-corrected chi connectivity index (χ4v) is 3.09. The highest BCUT2D eigenvalue weighted by Crippen LogP contribution is 2.42. The minimum Gasteiger partial charge on any atom is -0.475 e. The van der Waals surface area contributed by atoms with Gasteiger partial charge in [0, 0.05) is 16.1 Å². The summed E-state index contributed by atoms with van der Waals surface area (Å²) in [5, 5.41) is 46.1. The number of alkyl halides is 3. The molecule has 1 aromatic carbocycles. The van der Waals surface area contributed by atoms with E-state index in [2.05, 4.69) is 42.6 Å². The Morgan fingerprint density at radius 2 is 1.91 bits per heavy atom. The molecule has 188 valence electrons. The van der Waals surface area contributed by atoms with E-state index in [9.17, 15) is 33.3 Å². The van der Waals surface area contributed by atoms with Crippen LogP contribution < -0.4 is 21.8 Å². The molecule has 1 saturated heterocycles. The summed E-state index contributed by atoms with van der Waals surface area (Å²) in [7, 11) is 0. The maximum Gasteiger partial charge on any atom is 0.430 e. The van der Waals surface area contributed by atoms with E-state index in [1.165, 1.54) is 6.07 Å². The van der Waals surface area contributed by atoms with Gasteiger partial charge in [-0.05, 0) is 31.2 Å². The van der Waals surface area contributed by atoms with E-state index < -0.39 is 47.9 Å². The van der Waals surface area contributed by atoms with Crippen LogP contribution in [0.2, 0.25) is 0 Å². The summed E-state index contributed by atoms with van der Waals surface area (Å²) >= 11 is 2.99. The molecule has 2 atom stereocenters. The minimum absolute atomic E-state index is 0.132. The van der Waals surface area contributed by atoms with Gasteiger partial charge in [0.25, 0.3) is 0 Å². The van der Waals surface area contributed by atoms with Gasteiger partial charge in [0.15, 0.2) is 0 Å². The van der Waals surface area contributed by atoms with Crippen LogP contribution in [0.1, 0.15) is 17.5 Å². The lowest BCUT2D eigenvalue weighted by Crippen LogP contribution is -2.45. The molecule has 2 aliphatic rings. The molecule has 2 unspecified atom stereocenters. The van der Waals surface area contributed by atoms with Crippen LogP contribution in [-0.4, -0.2) is 69.9 Å². The highest BCUT2D eigenvalue weighted by molar-refractivity contribution is 9.10. The lowest BCUT2D eigenvalue weighted by Gasteiger charge is -2.30. The van der Waals surface area contributed by atoms with E-state index in [1.807, 2.05) is 0 Å². The summed E-state index contributed by atoms with van der Waals surface area (Å²) < 4.78 is 49.1. The molecule has 2 heterocycles. The van der Waals surface area contributed by atoms with Crippen molar-refractivity contribution in [1.82, 2.24) is 5.32 Å². The second-order valence-electron chi connectivity index (χ2n) is 6.48. The smallest absolute Gasteiger partial charge is 0.430 e. The van der Waals surface area contributed by atoms with Crippen molar-refractivity contribution < 1.29 is 63.8 Å². The molecule has 1 fully saturated rings. The average Bonchev–Trinajstić information content (AvgIpc) is 2.70. The summed E-state index contributed by atoms with van der Waals surface area (Å²) in [6, 6.07) is 2.61. The molecule has 3 rings (SSSR count). The summed E-state index contributed by atoms with van der Waals surface area (Å²) in [5.41, 5.74) is -1.80. The van der Waals surface area contributed by atoms with Gasteiger partial charge in [-0.3, -0.25) is 4.84 Å². The van der Waals surface area contributed by atoms with E-state index in [1.54, 1.807) is 0 Å². The Balaban J connectivity index is 0.000000578. The normalized spacial score (nSPS) is 19.3. The predicted octanol–water partition coefficient (Wildman–Crippen LogP) is -1.41. The number of fused-ring (bicyclic) bond motifs is 1. The Labute approximate surface area is 193 Å². The first-order valence-corrected chi connectivity index (χ1v) is 9.78. The van der Waals surface area contributed by atoms with Gasteiger partial charge in [0.1, 0.15) is 5.75 Å². The average molecular weight is 551 g/mol. The lowest BCUT2D eigenvalue weighted by atomic mass is 9.98. The van der Waals surface area contributed by atoms with Gasteiger partial charge in [0.2, 0.25) is 12.9 Å². The third kappa shape index (κ3) is 8.14. The minimum atomic E-state index is -5.04. The number of ether oxygens (including phenoxy) is 2. The molecule has 2 aliphatic heterocycles. The monoisotopic (exact) mass is 550 g/mol. The number of esters is 1. The molecule has 0 amide bonds. The van der Waals surface area contributed by atoms with Crippen molar-refractivity contribution in [2.45, 2.75) is 30.7 Å². The molecule has 1 aromatic rings. The molecular weight excluding hydrogens is 527 g/mol. The van der Waals surface area contributed by atoms with Gasteiger partial charge in [-0.2, -0.15) is 13.2 Å². The largest absolute Gasteiger partial charge is 0.475 e. The van der Waals surface area contributed by atoms with Gasteiger partial charge in [0.05, 0.1) is 17.7 Å². The fraction of sp³-hybridized carbons (Fsp3) is 0.471. The van der Waals surface area contributed by atoms with E-state index in [0.717, 1.165) is 25.1 Å². The number of hydrogen-bond acceptors (Lipinski definition) is 11. The zero-order valence-electron chi connectivity index (χ0n) is 16.9. The molecule has 0 saturated carbocycles. The molecule has 0 bridgehead atoms. The number of rotatable bonds is 5. The number of nitrogens with two attached hydrogens (primary N) is 1. The maximum absolute atomic E-state index is 13.2. The molecule has 16 heteroatoms. The first-order chi connectivity index (χ1) is 15.4. The Kier molecular flexibility index (Phi) is 11.1. The second kappa shape index (κ2) is 12.6. The third-order valence-corrected chi connectivity index (χ3v) is 4.67. The van der Waals surface area contributed by atoms with E-state index in [0.29, 0.717) is 12.6 Å². The number of nitrogens with one attached hydrogen (secondary N) is 1. The second-order valence-corrected chi connectivity index (χ2v) is 7.40. The molecule has 0 aromatic heterocycles.